The van der Waals surface area contributed by atoms with Crippen LogP contribution >= 0.6 is 0 Å². The van der Waals surface area contributed by atoms with Crippen molar-refractivity contribution in [2.45, 2.75) is 61.6 Å². The molecule has 1 heterocycles. The molecular weight excluding hydrogens is 382 g/mol. The molecule has 2 saturated carbocycles. The summed E-state index contributed by atoms with van der Waals surface area (Å²) in [6.07, 6.45) is 5.25. The zero-order valence-electron chi connectivity index (χ0n) is 17.8. The number of hydrogen-bond donors (Lipinski definition) is 1. The molecule has 162 valence electrons. The first-order chi connectivity index (χ1) is 14.3. The van der Waals surface area contributed by atoms with Gasteiger partial charge in [-0.3, -0.25) is 14.6 Å². The van der Waals surface area contributed by atoms with Gasteiger partial charge in [-0.1, -0.05) is 30.3 Å². The standard InChI is InChI=1S/C23H31N3O4/c1-24(2)22(18-7-4-3-5-8-18)11-13-23(14-12-22)19(28)25(15-16-27)20(29)26(23)17-21(30)9-6-10-21/h3-5,7-8,16,30H,6,9-15,17H2,1-2H3/t22-,23+. The Kier molecular flexibility index (Phi) is 5.22. The van der Waals surface area contributed by atoms with Crippen LogP contribution in [0.5, 0.6) is 0 Å². The van der Waals surface area contributed by atoms with Crippen molar-refractivity contribution < 1.29 is 19.5 Å². The summed E-state index contributed by atoms with van der Waals surface area (Å²) < 4.78 is 0. The number of urea groups is 1. The lowest BCUT2D eigenvalue weighted by atomic mass is 9.67. The second-order valence-electron chi connectivity index (χ2n) is 9.35. The van der Waals surface area contributed by atoms with Gasteiger partial charge in [0.1, 0.15) is 11.8 Å². The first kappa shape index (κ1) is 21.0. The molecule has 0 bridgehead atoms. The average Bonchev–Trinajstić information content (AvgIpc) is 2.90. The molecule has 0 atom stereocenters. The lowest BCUT2D eigenvalue weighted by Crippen LogP contribution is -2.60. The topological polar surface area (TPSA) is 81.2 Å². The van der Waals surface area contributed by atoms with Gasteiger partial charge in [0, 0.05) is 5.54 Å². The first-order valence-electron chi connectivity index (χ1n) is 10.8. The van der Waals surface area contributed by atoms with Crippen molar-refractivity contribution in [2.75, 3.05) is 27.2 Å². The number of amides is 3. The summed E-state index contributed by atoms with van der Waals surface area (Å²) in [5.74, 6) is -0.289. The van der Waals surface area contributed by atoms with E-state index in [1.165, 1.54) is 5.56 Å². The monoisotopic (exact) mass is 413 g/mol. The fourth-order valence-electron chi connectivity index (χ4n) is 5.58. The van der Waals surface area contributed by atoms with Gasteiger partial charge >= 0.3 is 6.03 Å². The molecular formula is C23H31N3O4. The number of β-amino-alcohol motifs (C(OH)–C–C–N with tert-alkyl or cyclic N) is 1. The van der Waals surface area contributed by atoms with E-state index >= 15 is 0 Å². The van der Waals surface area contributed by atoms with Gasteiger partial charge in [0.05, 0.1) is 18.7 Å². The molecule has 0 unspecified atom stereocenters. The number of hydrogen-bond acceptors (Lipinski definition) is 5. The molecule has 7 nitrogen and oxygen atoms in total. The summed E-state index contributed by atoms with van der Waals surface area (Å²) in [4.78, 5) is 42.5. The predicted molar refractivity (Wildman–Crippen MR) is 112 cm³/mol. The van der Waals surface area contributed by atoms with E-state index in [0.29, 0.717) is 44.8 Å². The van der Waals surface area contributed by atoms with Crippen LogP contribution < -0.4 is 0 Å². The minimum atomic E-state index is -0.973. The van der Waals surface area contributed by atoms with Crippen molar-refractivity contribution in [3.63, 3.8) is 0 Å². The van der Waals surface area contributed by atoms with E-state index in [0.717, 1.165) is 11.3 Å². The molecule has 1 aliphatic heterocycles. The molecule has 1 saturated heterocycles. The molecule has 1 spiro atoms. The minimum Gasteiger partial charge on any atom is -0.388 e. The molecule has 3 aliphatic rings. The summed E-state index contributed by atoms with van der Waals surface area (Å²) in [7, 11) is 4.11. The highest BCUT2D eigenvalue weighted by atomic mass is 16.3. The van der Waals surface area contributed by atoms with Crippen LogP contribution in [-0.2, 0) is 15.1 Å². The van der Waals surface area contributed by atoms with Crippen molar-refractivity contribution in [1.82, 2.24) is 14.7 Å². The van der Waals surface area contributed by atoms with Crippen LogP contribution in [0.25, 0.3) is 0 Å². The normalized spacial score (nSPS) is 30.8. The van der Waals surface area contributed by atoms with Crippen molar-refractivity contribution in [3.8, 4) is 0 Å². The highest BCUT2D eigenvalue weighted by Gasteiger charge is 2.61. The number of rotatable bonds is 6. The fourth-order valence-corrected chi connectivity index (χ4v) is 5.58. The van der Waals surface area contributed by atoms with Gasteiger partial charge in [-0.2, -0.15) is 0 Å². The van der Waals surface area contributed by atoms with Gasteiger partial charge in [0.2, 0.25) is 0 Å². The molecule has 0 radical (unpaired) electrons. The molecule has 1 aromatic rings. The Balaban J connectivity index is 1.67. The van der Waals surface area contributed by atoms with E-state index < -0.39 is 17.2 Å². The average molecular weight is 414 g/mol. The Bertz CT molecular complexity index is 826. The van der Waals surface area contributed by atoms with E-state index in [-0.39, 0.29) is 24.5 Å². The van der Waals surface area contributed by atoms with Gasteiger partial charge in [0.25, 0.3) is 5.91 Å². The smallest absolute Gasteiger partial charge is 0.328 e. The number of carbonyl (C=O) groups is 3. The van der Waals surface area contributed by atoms with Crippen LogP contribution in [0.4, 0.5) is 4.79 Å². The van der Waals surface area contributed by atoms with E-state index in [1.807, 2.05) is 18.2 Å². The van der Waals surface area contributed by atoms with Crippen molar-refractivity contribution in [2.24, 2.45) is 0 Å². The molecule has 7 heteroatoms. The molecule has 4 rings (SSSR count). The highest BCUT2D eigenvalue weighted by molar-refractivity contribution is 6.08. The fraction of sp³-hybridized carbons (Fsp3) is 0.609. The Morgan fingerprint density at radius 3 is 2.17 bits per heavy atom. The van der Waals surface area contributed by atoms with E-state index in [4.69, 9.17) is 0 Å². The summed E-state index contributed by atoms with van der Waals surface area (Å²) in [6, 6.07) is 9.85. The Morgan fingerprint density at radius 2 is 1.67 bits per heavy atom. The maximum atomic E-state index is 13.4. The van der Waals surface area contributed by atoms with Crippen LogP contribution in [0.1, 0.15) is 50.5 Å². The number of imide groups is 1. The lowest BCUT2D eigenvalue weighted by molar-refractivity contribution is -0.139. The molecule has 0 aromatic heterocycles. The Morgan fingerprint density at radius 1 is 1.03 bits per heavy atom. The summed E-state index contributed by atoms with van der Waals surface area (Å²) in [5, 5.41) is 10.8. The molecule has 3 fully saturated rings. The second kappa shape index (κ2) is 7.46. The molecule has 2 aliphatic carbocycles. The maximum absolute atomic E-state index is 13.4. The largest absolute Gasteiger partial charge is 0.388 e. The van der Waals surface area contributed by atoms with Crippen LogP contribution in [0.3, 0.4) is 0 Å². The zero-order valence-corrected chi connectivity index (χ0v) is 17.8. The summed E-state index contributed by atoms with van der Waals surface area (Å²) in [6.45, 7) is -0.0704. The minimum absolute atomic E-state index is 0.160. The third-order valence-corrected chi connectivity index (χ3v) is 7.69. The van der Waals surface area contributed by atoms with Crippen LogP contribution in [0.15, 0.2) is 30.3 Å². The van der Waals surface area contributed by atoms with E-state index in [2.05, 4.69) is 31.1 Å². The number of carbonyl (C=O) groups excluding carboxylic acids is 3. The first-order valence-corrected chi connectivity index (χ1v) is 10.8. The third-order valence-electron chi connectivity index (χ3n) is 7.69. The lowest BCUT2D eigenvalue weighted by Gasteiger charge is -2.51. The molecule has 3 amide bonds. The van der Waals surface area contributed by atoms with Crippen LogP contribution in [0.2, 0.25) is 0 Å². The van der Waals surface area contributed by atoms with Gasteiger partial charge in [-0.05, 0) is 64.6 Å². The molecule has 1 aromatic carbocycles. The number of aldehydes is 1. The number of aliphatic hydroxyl groups is 1. The van der Waals surface area contributed by atoms with E-state index in [9.17, 15) is 19.5 Å². The quantitative estimate of drug-likeness (QED) is 0.571. The number of nitrogens with zero attached hydrogens (tertiary/aromatic N) is 3. The third kappa shape index (κ3) is 3.06. The van der Waals surface area contributed by atoms with Crippen LogP contribution in [-0.4, -0.2) is 76.4 Å². The molecule has 30 heavy (non-hydrogen) atoms. The maximum Gasteiger partial charge on any atom is 0.328 e. The van der Waals surface area contributed by atoms with Gasteiger partial charge in [-0.25, -0.2) is 4.79 Å². The van der Waals surface area contributed by atoms with Crippen molar-refractivity contribution >= 4 is 18.2 Å². The SMILES string of the molecule is CN(C)[C@]1(c2ccccc2)CC[C@]2(CC1)C(=O)N(CC=O)C(=O)N2CC1(O)CCC1. The molecule has 1 N–H and O–H groups in total. The summed E-state index contributed by atoms with van der Waals surface area (Å²) >= 11 is 0. The van der Waals surface area contributed by atoms with Crippen molar-refractivity contribution in [3.05, 3.63) is 35.9 Å². The predicted octanol–water partition coefficient (Wildman–Crippen LogP) is 2.13. The van der Waals surface area contributed by atoms with Crippen molar-refractivity contribution in [1.29, 1.82) is 0 Å². The van der Waals surface area contributed by atoms with Gasteiger partial charge < -0.3 is 14.8 Å². The Labute approximate surface area is 177 Å². The second-order valence-corrected chi connectivity index (χ2v) is 9.35. The Hall–Kier alpha value is -2.25. The van der Waals surface area contributed by atoms with E-state index in [1.54, 1.807) is 4.90 Å². The van der Waals surface area contributed by atoms with Crippen LogP contribution in [0, 0.1) is 0 Å². The highest BCUT2D eigenvalue weighted by Crippen LogP contribution is 2.50. The number of benzene rings is 1. The van der Waals surface area contributed by atoms with Gasteiger partial charge in [0.15, 0.2) is 0 Å². The zero-order chi connectivity index (χ0) is 21.6. The summed E-state index contributed by atoms with van der Waals surface area (Å²) in [5.41, 5.74) is -0.905. The van der Waals surface area contributed by atoms with Gasteiger partial charge in [-0.15, -0.1) is 0 Å².